The average Bonchev–Trinajstić information content (AvgIpc) is 2.40. The van der Waals surface area contributed by atoms with E-state index in [2.05, 4.69) is 53.6 Å². The second kappa shape index (κ2) is 5.96. The Morgan fingerprint density at radius 2 is 1.72 bits per heavy atom. The molecule has 0 spiro atoms. The van der Waals surface area contributed by atoms with Crippen molar-refractivity contribution in [1.82, 2.24) is 4.98 Å². The molecule has 0 saturated heterocycles. The summed E-state index contributed by atoms with van der Waals surface area (Å²) in [6.07, 6.45) is 5.27. The van der Waals surface area contributed by atoms with Crippen LogP contribution in [-0.2, 0) is 0 Å². The van der Waals surface area contributed by atoms with Gasteiger partial charge in [0.1, 0.15) is 0 Å². The fraction of sp³-hybridized carbons (Fsp3) is 0.200. The van der Waals surface area contributed by atoms with Gasteiger partial charge in [0.2, 0.25) is 0 Å². The minimum absolute atomic E-state index is 0.561. The fourth-order valence-electron chi connectivity index (χ4n) is 1.57. The zero-order valence-electron chi connectivity index (χ0n) is 10.7. The molecular weight excluding hydrogens is 222 g/mol. The van der Waals surface area contributed by atoms with Crippen LogP contribution in [0.25, 0.3) is 0 Å². The predicted molar refractivity (Wildman–Crippen MR) is 76.0 cm³/mol. The Morgan fingerprint density at radius 1 is 1.06 bits per heavy atom. The van der Waals surface area contributed by atoms with Crippen LogP contribution < -0.4 is 5.43 Å². The number of hydrogen-bond donors (Lipinski definition) is 1. The van der Waals surface area contributed by atoms with Crippen LogP contribution in [0.15, 0.2) is 53.9 Å². The second-order valence-electron chi connectivity index (χ2n) is 4.43. The first-order valence-electron chi connectivity index (χ1n) is 6.05. The predicted octanol–water partition coefficient (Wildman–Crippen LogP) is 3.65. The van der Waals surface area contributed by atoms with Gasteiger partial charge in [-0.1, -0.05) is 38.1 Å². The number of pyridine rings is 1. The van der Waals surface area contributed by atoms with Gasteiger partial charge in [-0.2, -0.15) is 5.10 Å². The quantitative estimate of drug-likeness (QED) is 0.653. The van der Waals surface area contributed by atoms with E-state index in [0.717, 1.165) is 11.3 Å². The molecule has 0 amide bonds. The summed E-state index contributed by atoms with van der Waals surface area (Å²) >= 11 is 0. The lowest BCUT2D eigenvalue weighted by Crippen LogP contribution is -1.92. The van der Waals surface area contributed by atoms with Gasteiger partial charge in [-0.15, -0.1) is 0 Å². The monoisotopic (exact) mass is 239 g/mol. The highest BCUT2D eigenvalue weighted by molar-refractivity contribution is 5.80. The van der Waals surface area contributed by atoms with Gasteiger partial charge in [0.05, 0.1) is 11.9 Å². The first-order chi connectivity index (χ1) is 8.75. The van der Waals surface area contributed by atoms with E-state index in [1.165, 1.54) is 5.56 Å². The minimum Gasteiger partial charge on any atom is -0.278 e. The Kier molecular flexibility index (Phi) is 4.07. The molecule has 0 fully saturated rings. The van der Waals surface area contributed by atoms with Crippen LogP contribution in [0, 0.1) is 0 Å². The highest BCUT2D eigenvalue weighted by atomic mass is 15.3. The molecule has 2 rings (SSSR count). The Balaban J connectivity index is 1.97. The number of anilines is 1. The molecule has 92 valence electrons. The topological polar surface area (TPSA) is 37.3 Å². The molecule has 1 aromatic heterocycles. The second-order valence-corrected chi connectivity index (χ2v) is 4.43. The lowest BCUT2D eigenvalue weighted by molar-refractivity contribution is 0.866. The summed E-state index contributed by atoms with van der Waals surface area (Å²) in [4.78, 5) is 3.95. The van der Waals surface area contributed by atoms with Crippen molar-refractivity contribution in [1.29, 1.82) is 0 Å². The van der Waals surface area contributed by atoms with E-state index >= 15 is 0 Å². The molecule has 0 bridgehead atoms. The zero-order chi connectivity index (χ0) is 12.8. The summed E-state index contributed by atoms with van der Waals surface area (Å²) in [7, 11) is 0. The highest BCUT2D eigenvalue weighted by Gasteiger charge is 1.97. The third-order valence-corrected chi connectivity index (χ3v) is 2.69. The maximum absolute atomic E-state index is 4.18. The van der Waals surface area contributed by atoms with Gasteiger partial charge < -0.3 is 0 Å². The van der Waals surface area contributed by atoms with Crippen molar-refractivity contribution in [2.24, 2.45) is 5.10 Å². The molecule has 0 aliphatic rings. The number of benzene rings is 1. The normalized spacial score (nSPS) is 11.1. The van der Waals surface area contributed by atoms with Gasteiger partial charge in [-0.25, -0.2) is 0 Å². The Hall–Kier alpha value is -2.16. The summed E-state index contributed by atoms with van der Waals surface area (Å²) in [6.45, 7) is 4.38. The van der Waals surface area contributed by atoms with Crippen molar-refractivity contribution in [3.8, 4) is 0 Å². The number of rotatable bonds is 4. The SMILES string of the molecule is CC(C)c1ccc(C=NNc2ccncc2)cc1. The van der Waals surface area contributed by atoms with Crippen molar-refractivity contribution in [3.63, 3.8) is 0 Å². The van der Waals surface area contributed by atoms with Crippen LogP contribution in [0.4, 0.5) is 5.69 Å². The summed E-state index contributed by atoms with van der Waals surface area (Å²) in [6, 6.07) is 12.2. The molecule has 1 aromatic carbocycles. The maximum Gasteiger partial charge on any atom is 0.0592 e. The van der Waals surface area contributed by atoms with E-state index in [0.29, 0.717) is 5.92 Å². The Bertz CT molecular complexity index is 501. The molecule has 2 aromatic rings. The van der Waals surface area contributed by atoms with Gasteiger partial charge in [0, 0.05) is 12.4 Å². The molecule has 3 heteroatoms. The number of hydrogen-bond acceptors (Lipinski definition) is 3. The number of nitrogens with zero attached hydrogens (tertiary/aromatic N) is 2. The summed E-state index contributed by atoms with van der Waals surface area (Å²) in [5.41, 5.74) is 6.32. The lowest BCUT2D eigenvalue weighted by atomic mass is 10.0. The van der Waals surface area contributed by atoms with E-state index in [-0.39, 0.29) is 0 Å². The van der Waals surface area contributed by atoms with Gasteiger partial charge in [-0.3, -0.25) is 10.4 Å². The van der Waals surface area contributed by atoms with Gasteiger partial charge in [0.25, 0.3) is 0 Å². The Morgan fingerprint density at radius 3 is 2.33 bits per heavy atom. The lowest BCUT2D eigenvalue weighted by Gasteiger charge is -2.04. The zero-order valence-corrected chi connectivity index (χ0v) is 10.7. The van der Waals surface area contributed by atoms with E-state index < -0.39 is 0 Å². The van der Waals surface area contributed by atoms with E-state index in [4.69, 9.17) is 0 Å². The first kappa shape index (κ1) is 12.3. The summed E-state index contributed by atoms with van der Waals surface area (Å²) in [5, 5.41) is 4.18. The summed E-state index contributed by atoms with van der Waals surface area (Å²) in [5.74, 6) is 0.561. The largest absolute Gasteiger partial charge is 0.278 e. The Labute approximate surface area is 108 Å². The molecule has 0 saturated carbocycles. The van der Waals surface area contributed by atoms with Gasteiger partial charge in [0.15, 0.2) is 0 Å². The number of nitrogens with one attached hydrogen (secondary N) is 1. The van der Waals surface area contributed by atoms with Crippen molar-refractivity contribution >= 4 is 11.9 Å². The summed E-state index contributed by atoms with van der Waals surface area (Å²) < 4.78 is 0. The van der Waals surface area contributed by atoms with Crippen LogP contribution in [-0.4, -0.2) is 11.2 Å². The molecule has 0 unspecified atom stereocenters. The first-order valence-corrected chi connectivity index (χ1v) is 6.05. The van der Waals surface area contributed by atoms with Crippen molar-refractivity contribution < 1.29 is 0 Å². The smallest absolute Gasteiger partial charge is 0.0592 e. The van der Waals surface area contributed by atoms with E-state index in [9.17, 15) is 0 Å². The van der Waals surface area contributed by atoms with Crippen molar-refractivity contribution in [2.45, 2.75) is 19.8 Å². The standard InChI is InChI=1S/C15H17N3/c1-12(2)14-5-3-13(4-6-14)11-17-18-15-7-9-16-10-8-15/h3-12H,1-2H3,(H,16,18). The van der Waals surface area contributed by atoms with Crippen LogP contribution in [0.5, 0.6) is 0 Å². The average molecular weight is 239 g/mol. The fourth-order valence-corrected chi connectivity index (χ4v) is 1.57. The van der Waals surface area contributed by atoms with E-state index in [1.54, 1.807) is 12.4 Å². The molecule has 0 aliphatic carbocycles. The van der Waals surface area contributed by atoms with Crippen molar-refractivity contribution in [3.05, 3.63) is 59.9 Å². The third kappa shape index (κ3) is 3.42. The minimum atomic E-state index is 0.561. The van der Waals surface area contributed by atoms with Crippen LogP contribution >= 0.6 is 0 Å². The van der Waals surface area contributed by atoms with Crippen LogP contribution in [0.2, 0.25) is 0 Å². The molecule has 18 heavy (non-hydrogen) atoms. The maximum atomic E-state index is 4.18. The third-order valence-electron chi connectivity index (χ3n) is 2.69. The van der Waals surface area contributed by atoms with Crippen molar-refractivity contribution in [2.75, 3.05) is 5.43 Å². The van der Waals surface area contributed by atoms with Gasteiger partial charge in [-0.05, 0) is 29.2 Å². The molecule has 1 heterocycles. The number of aromatic nitrogens is 1. The molecule has 0 radical (unpaired) electrons. The van der Waals surface area contributed by atoms with E-state index in [1.807, 2.05) is 18.3 Å². The molecular formula is C15H17N3. The van der Waals surface area contributed by atoms with Crippen LogP contribution in [0.3, 0.4) is 0 Å². The molecule has 1 N–H and O–H groups in total. The highest BCUT2D eigenvalue weighted by Crippen LogP contribution is 2.13. The molecule has 0 aliphatic heterocycles. The molecule has 0 atom stereocenters. The molecule has 3 nitrogen and oxygen atoms in total. The van der Waals surface area contributed by atoms with Gasteiger partial charge >= 0.3 is 0 Å². The number of hydrazone groups is 1. The van der Waals surface area contributed by atoms with Crippen LogP contribution in [0.1, 0.15) is 30.9 Å².